The number of nitrogens with one attached hydrogen (secondary N) is 2. The second-order valence-corrected chi connectivity index (χ2v) is 6.29. The summed E-state index contributed by atoms with van der Waals surface area (Å²) in [6.45, 7) is 1.44. The van der Waals surface area contributed by atoms with Gasteiger partial charge in [-0.1, -0.05) is 17.4 Å². The summed E-state index contributed by atoms with van der Waals surface area (Å²) in [7, 11) is 0. The first-order valence-electron chi connectivity index (χ1n) is 6.15. The molecule has 2 N–H and O–H groups in total. The van der Waals surface area contributed by atoms with Gasteiger partial charge in [-0.3, -0.25) is 9.59 Å². The lowest BCUT2D eigenvalue weighted by molar-refractivity contribution is -0.114. The van der Waals surface area contributed by atoms with Gasteiger partial charge < -0.3 is 10.6 Å². The number of hydrogen-bond acceptors (Lipinski definition) is 5. The van der Waals surface area contributed by atoms with E-state index in [2.05, 4.69) is 15.6 Å². The van der Waals surface area contributed by atoms with Crippen LogP contribution in [0.2, 0.25) is 0 Å². The number of carbonyl (C=O) groups excluding carboxylic acids is 2. The van der Waals surface area contributed by atoms with Crippen LogP contribution < -0.4 is 10.6 Å². The molecule has 0 radical (unpaired) electrons. The summed E-state index contributed by atoms with van der Waals surface area (Å²) in [6, 6.07) is 9.09. The largest absolute Gasteiger partial charge is 0.321 e. The van der Waals surface area contributed by atoms with Crippen LogP contribution in [0.1, 0.15) is 16.6 Å². The second kappa shape index (κ2) is 5.63. The Labute approximate surface area is 128 Å². The lowest BCUT2D eigenvalue weighted by atomic mass is 10.3. The molecule has 3 rings (SSSR count). The Morgan fingerprint density at radius 1 is 1.19 bits per heavy atom. The molecule has 0 aliphatic carbocycles. The number of fused-ring (bicyclic) bond motifs is 1. The van der Waals surface area contributed by atoms with Gasteiger partial charge in [0.25, 0.3) is 5.91 Å². The highest BCUT2D eigenvalue weighted by atomic mass is 32.1. The number of rotatable bonds is 3. The summed E-state index contributed by atoms with van der Waals surface area (Å²) in [6.07, 6.45) is 0. The van der Waals surface area contributed by atoms with E-state index in [4.69, 9.17) is 0 Å². The topological polar surface area (TPSA) is 71.1 Å². The van der Waals surface area contributed by atoms with E-state index >= 15 is 0 Å². The summed E-state index contributed by atoms with van der Waals surface area (Å²) in [4.78, 5) is 28.0. The van der Waals surface area contributed by atoms with Crippen molar-refractivity contribution in [2.75, 3.05) is 10.6 Å². The monoisotopic (exact) mass is 317 g/mol. The van der Waals surface area contributed by atoms with Crippen molar-refractivity contribution in [3.63, 3.8) is 0 Å². The van der Waals surface area contributed by atoms with Crippen LogP contribution in [-0.4, -0.2) is 16.8 Å². The van der Waals surface area contributed by atoms with Gasteiger partial charge in [0, 0.05) is 12.6 Å². The Morgan fingerprint density at radius 3 is 2.76 bits per heavy atom. The predicted octanol–water partition coefficient (Wildman–Crippen LogP) is 3.57. The van der Waals surface area contributed by atoms with Crippen LogP contribution in [0, 0.1) is 0 Å². The predicted molar refractivity (Wildman–Crippen MR) is 86.2 cm³/mol. The summed E-state index contributed by atoms with van der Waals surface area (Å²) in [5.74, 6) is -0.281. The standard InChI is InChI=1S/C14H11N3O2S2/c1-8(18)15-14-17-10-5-4-9(7-12(10)21-14)16-13(19)11-3-2-6-20-11/h2-7H,1H3,(H,16,19)(H,15,17,18). The molecule has 0 aliphatic heterocycles. The van der Waals surface area contributed by atoms with Crippen molar-refractivity contribution in [1.82, 2.24) is 4.98 Å². The van der Waals surface area contributed by atoms with Crippen LogP contribution in [0.5, 0.6) is 0 Å². The van der Waals surface area contributed by atoms with E-state index < -0.39 is 0 Å². The average Bonchev–Trinajstić information content (AvgIpc) is 3.05. The highest BCUT2D eigenvalue weighted by molar-refractivity contribution is 7.22. The van der Waals surface area contributed by atoms with Crippen LogP contribution in [0.4, 0.5) is 10.8 Å². The first-order valence-corrected chi connectivity index (χ1v) is 7.84. The van der Waals surface area contributed by atoms with Gasteiger partial charge in [0.2, 0.25) is 5.91 Å². The Hall–Kier alpha value is -2.25. The molecule has 0 bridgehead atoms. The maximum absolute atomic E-state index is 12.0. The SMILES string of the molecule is CC(=O)Nc1nc2ccc(NC(=O)c3cccs3)cc2s1. The molecule has 21 heavy (non-hydrogen) atoms. The molecule has 0 unspecified atom stereocenters. The molecule has 0 fully saturated rings. The van der Waals surface area contributed by atoms with Gasteiger partial charge in [-0.05, 0) is 29.6 Å². The number of carbonyl (C=O) groups is 2. The van der Waals surface area contributed by atoms with E-state index in [9.17, 15) is 9.59 Å². The number of anilines is 2. The lowest BCUT2D eigenvalue weighted by Crippen LogP contribution is -2.09. The second-order valence-electron chi connectivity index (χ2n) is 4.31. The number of benzene rings is 1. The first kappa shape index (κ1) is 13.7. The molecule has 0 atom stereocenters. The van der Waals surface area contributed by atoms with Gasteiger partial charge in [0.1, 0.15) is 0 Å². The van der Waals surface area contributed by atoms with Crippen molar-refractivity contribution in [2.45, 2.75) is 6.92 Å². The Bertz CT molecular complexity index is 809. The third-order valence-electron chi connectivity index (χ3n) is 2.67. The highest BCUT2D eigenvalue weighted by Gasteiger charge is 2.09. The van der Waals surface area contributed by atoms with Crippen molar-refractivity contribution in [1.29, 1.82) is 0 Å². The van der Waals surface area contributed by atoms with E-state index in [1.54, 1.807) is 12.1 Å². The number of nitrogens with zero attached hydrogens (tertiary/aromatic N) is 1. The molecule has 1 aromatic carbocycles. The van der Waals surface area contributed by atoms with Crippen molar-refractivity contribution in [2.24, 2.45) is 0 Å². The Balaban J connectivity index is 1.83. The van der Waals surface area contributed by atoms with Crippen LogP contribution in [0.15, 0.2) is 35.7 Å². The molecular formula is C14H11N3O2S2. The number of thiazole rings is 1. The molecule has 0 saturated carbocycles. The normalized spacial score (nSPS) is 10.5. The first-order chi connectivity index (χ1) is 10.1. The Morgan fingerprint density at radius 2 is 2.05 bits per heavy atom. The summed E-state index contributed by atoms with van der Waals surface area (Å²) >= 11 is 2.77. The van der Waals surface area contributed by atoms with Crippen LogP contribution >= 0.6 is 22.7 Å². The molecule has 0 aliphatic rings. The van der Waals surface area contributed by atoms with Gasteiger partial charge in [0.05, 0.1) is 15.1 Å². The summed E-state index contributed by atoms with van der Waals surface area (Å²) in [5, 5.41) is 7.93. The van der Waals surface area contributed by atoms with Crippen LogP contribution in [0.25, 0.3) is 10.2 Å². The lowest BCUT2D eigenvalue weighted by Gasteiger charge is -2.02. The maximum Gasteiger partial charge on any atom is 0.265 e. The van der Waals surface area contributed by atoms with E-state index in [1.165, 1.54) is 29.6 Å². The summed E-state index contributed by atoms with van der Waals surface area (Å²) in [5.41, 5.74) is 1.50. The minimum absolute atomic E-state index is 0.129. The van der Waals surface area contributed by atoms with Crippen LogP contribution in [-0.2, 0) is 4.79 Å². The molecule has 2 aromatic heterocycles. The number of thiophene rings is 1. The van der Waals surface area contributed by atoms with E-state index in [0.29, 0.717) is 15.7 Å². The number of hydrogen-bond donors (Lipinski definition) is 2. The van der Waals surface area contributed by atoms with Gasteiger partial charge in [0.15, 0.2) is 5.13 Å². The van der Waals surface area contributed by atoms with Crippen LogP contribution in [0.3, 0.4) is 0 Å². The van der Waals surface area contributed by atoms with Gasteiger partial charge in [-0.15, -0.1) is 11.3 Å². The maximum atomic E-state index is 12.0. The quantitative estimate of drug-likeness (QED) is 0.776. The zero-order valence-corrected chi connectivity index (χ0v) is 12.7. The average molecular weight is 317 g/mol. The zero-order chi connectivity index (χ0) is 14.8. The van der Waals surface area contributed by atoms with E-state index in [-0.39, 0.29) is 11.8 Å². The molecule has 5 nitrogen and oxygen atoms in total. The molecular weight excluding hydrogens is 306 g/mol. The zero-order valence-electron chi connectivity index (χ0n) is 11.0. The van der Waals surface area contributed by atoms with Gasteiger partial charge >= 0.3 is 0 Å². The number of amides is 2. The van der Waals surface area contributed by atoms with E-state index in [1.807, 2.05) is 23.6 Å². The molecule has 106 valence electrons. The number of aromatic nitrogens is 1. The minimum Gasteiger partial charge on any atom is -0.321 e. The minimum atomic E-state index is -0.153. The third kappa shape index (κ3) is 3.09. The fourth-order valence-electron chi connectivity index (χ4n) is 1.81. The Kier molecular flexibility index (Phi) is 3.68. The molecule has 0 spiro atoms. The van der Waals surface area contributed by atoms with Crippen molar-refractivity contribution >= 4 is 55.5 Å². The molecule has 0 saturated heterocycles. The molecule has 3 aromatic rings. The highest BCUT2D eigenvalue weighted by Crippen LogP contribution is 2.28. The molecule has 7 heteroatoms. The van der Waals surface area contributed by atoms with Crippen molar-refractivity contribution in [3.05, 3.63) is 40.6 Å². The van der Waals surface area contributed by atoms with E-state index in [0.717, 1.165) is 10.2 Å². The fourth-order valence-corrected chi connectivity index (χ4v) is 3.38. The fraction of sp³-hybridized carbons (Fsp3) is 0.0714. The molecule has 2 heterocycles. The third-order valence-corrected chi connectivity index (χ3v) is 4.48. The van der Waals surface area contributed by atoms with Gasteiger partial charge in [-0.25, -0.2) is 4.98 Å². The smallest absolute Gasteiger partial charge is 0.265 e. The van der Waals surface area contributed by atoms with Crippen molar-refractivity contribution in [3.8, 4) is 0 Å². The molecule has 2 amide bonds. The van der Waals surface area contributed by atoms with Gasteiger partial charge in [-0.2, -0.15) is 0 Å². The van der Waals surface area contributed by atoms with Crippen molar-refractivity contribution < 1.29 is 9.59 Å². The summed E-state index contributed by atoms with van der Waals surface area (Å²) < 4.78 is 0.905.